The van der Waals surface area contributed by atoms with Crippen molar-refractivity contribution in [3.8, 4) is 0 Å². The smallest absolute Gasteiger partial charge is 0.225 e. The van der Waals surface area contributed by atoms with E-state index in [9.17, 15) is 4.79 Å². The fourth-order valence-electron chi connectivity index (χ4n) is 3.28. The number of amides is 1. The average Bonchev–Trinajstić information content (AvgIpc) is 2.65. The van der Waals surface area contributed by atoms with Crippen molar-refractivity contribution in [1.29, 1.82) is 0 Å². The van der Waals surface area contributed by atoms with Gasteiger partial charge in [-0.2, -0.15) is 0 Å². The fourth-order valence-corrected chi connectivity index (χ4v) is 3.28. The number of fused-ring (bicyclic) bond motifs is 1. The van der Waals surface area contributed by atoms with E-state index in [4.69, 9.17) is 4.74 Å². The monoisotopic (exact) mass is 345 g/mol. The molecule has 0 spiro atoms. The Balaban J connectivity index is 1.47. The van der Waals surface area contributed by atoms with E-state index in [1.807, 2.05) is 18.2 Å². The number of guanidine groups is 1. The van der Waals surface area contributed by atoms with Gasteiger partial charge >= 0.3 is 0 Å². The van der Waals surface area contributed by atoms with Gasteiger partial charge in [-0.1, -0.05) is 18.2 Å². The summed E-state index contributed by atoms with van der Waals surface area (Å²) in [6.45, 7) is 6.09. The molecule has 7 nitrogen and oxygen atoms in total. The third-order valence-corrected chi connectivity index (χ3v) is 4.67. The topological polar surface area (TPSA) is 78.0 Å². The van der Waals surface area contributed by atoms with Crippen LogP contribution in [-0.2, 0) is 9.53 Å². The van der Waals surface area contributed by atoms with Crippen LogP contribution in [0.3, 0.4) is 0 Å². The summed E-state index contributed by atoms with van der Waals surface area (Å²) in [6.07, 6.45) is 0.495. The van der Waals surface area contributed by atoms with E-state index in [1.54, 1.807) is 7.05 Å². The Morgan fingerprint density at radius 3 is 2.92 bits per heavy atom. The number of anilines is 1. The van der Waals surface area contributed by atoms with Crippen molar-refractivity contribution in [3.05, 3.63) is 29.8 Å². The zero-order valence-electron chi connectivity index (χ0n) is 14.8. The molecule has 0 aromatic heterocycles. The third-order valence-electron chi connectivity index (χ3n) is 4.67. The largest absolute Gasteiger partial charge is 0.379 e. The van der Waals surface area contributed by atoms with Gasteiger partial charge in [0.15, 0.2) is 5.96 Å². The fraction of sp³-hybridized carbons (Fsp3) is 0.556. The maximum atomic E-state index is 11.9. The summed E-state index contributed by atoms with van der Waals surface area (Å²) in [5, 5.41) is 9.64. The van der Waals surface area contributed by atoms with Crippen LogP contribution in [0.1, 0.15) is 17.9 Å². The molecule has 2 aliphatic rings. The SMILES string of the molecule is CN=C(NCCN1CCOCC1)NCC1CC(=O)Nc2ccccc21. The number of hydrogen-bond donors (Lipinski definition) is 3. The zero-order valence-corrected chi connectivity index (χ0v) is 14.8. The first-order chi connectivity index (χ1) is 12.3. The van der Waals surface area contributed by atoms with Crippen LogP contribution >= 0.6 is 0 Å². The number of rotatable bonds is 5. The zero-order chi connectivity index (χ0) is 17.5. The lowest BCUT2D eigenvalue weighted by atomic mass is 9.90. The normalized spacial score (nSPS) is 21.4. The van der Waals surface area contributed by atoms with E-state index in [1.165, 1.54) is 5.56 Å². The number of morpholine rings is 1. The minimum Gasteiger partial charge on any atom is -0.379 e. The van der Waals surface area contributed by atoms with Crippen LogP contribution in [0.15, 0.2) is 29.3 Å². The predicted octanol–water partition coefficient (Wildman–Crippen LogP) is 0.610. The minimum absolute atomic E-state index is 0.0702. The Kier molecular flexibility index (Phi) is 6.25. The second-order valence-corrected chi connectivity index (χ2v) is 6.37. The lowest BCUT2D eigenvalue weighted by Crippen LogP contribution is -2.45. The summed E-state index contributed by atoms with van der Waals surface area (Å²) in [4.78, 5) is 18.6. The van der Waals surface area contributed by atoms with Gasteiger partial charge in [0.2, 0.25) is 5.91 Å². The average molecular weight is 345 g/mol. The van der Waals surface area contributed by atoms with Gasteiger partial charge in [0.1, 0.15) is 0 Å². The molecule has 2 heterocycles. The second kappa shape index (κ2) is 8.82. The molecule has 3 N–H and O–H groups in total. The Morgan fingerprint density at radius 2 is 2.12 bits per heavy atom. The van der Waals surface area contributed by atoms with Crippen molar-refractivity contribution in [2.24, 2.45) is 4.99 Å². The first-order valence-corrected chi connectivity index (χ1v) is 8.89. The molecule has 25 heavy (non-hydrogen) atoms. The Bertz CT molecular complexity index is 613. The molecule has 1 aromatic carbocycles. The summed E-state index contributed by atoms with van der Waals surface area (Å²) in [6, 6.07) is 7.99. The Morgan fingerprint density at radius 1 is 1.32 bits per heavy atom. The maximum Gasteiger partial charge on any atom is 0.225 e. The quantitative estimate of drug-likeness (QED) is 0.538. The van der Waals surface area contributed by atoms with Gasteiger partial charge < -0.3 is 20.7 Å². The number of carbonyl (C=O) groups excluding carboxylic acids is 1. The van der Waals surface area contributed by atoms with Crippen molar-refractivity contribution in [2.45, 2.75) is 12.3 Å². The summed E-state index contributed by atoms with van der Waals surface area (Å²) >= 11 is 0. The molecular weight excluding hydrogens is 318 g/mol. The van der Waals surface area contributed by atoms with Gasteiger partial charge in [-0.3, -0.25) is 14.7 Å². The molecule has 3 rings (SSSR count). The van der Waals surface area contributed by atoms with Crippen molar-refractivity contribution in [2.75, 3.05) is 58.3 Å². The van der Waals surface area contributed by atoms with Gasteiger partial charge in [0.05, 0.1) is 13.2 Å². The lowest BCUT2D eigenvalue weighted by Gasteiger charge is -2.28. The first kappa shape index (κ1) is 17.7. The molecule has 1 atom stereocenters. The standard InChI is InChI=1S/C18H27N5O2/c1-19-18(20-6-7-23-8-10-25-11-9-23)21-13-14-12-17(24)22-16-5-3-2-4-15(14)16/h2-5,14H,6-13H2,1H3,(H,22,24)(H2,19,20,21). The molecule has 1 unspecified atom stereocenters. The van der Waals surface area contributed by atoms with Gasteiger partial charge in [-0.25, -0.2) is 0 Å². The summed E-state index contributed by atoms with van der Waals surface area (Å²) in [7, 11) is 1.77. The van der Waals surface area contributed by atoms with Gasteiger partial charge in [-0.15, -0.1) is 0 Å². The van der Waals surface area contributed by atoms with E-state index < -0.39 is 0 Å². The van der Waals surface area contributed by atoms with Crippen molar-refractivity contribution >= 4 is 17.6 Å². The molecule has 1 saturated heterocycles. The van der Waals surface area contributed by atoms with Crippen LogP contribution in [0.2, 0.25) is 0 Å². The first-order valence-electron chi connectivity index (χ1n) is 8.89. The number of hydrogen-bond acceptors (Lipinski definition) is 4. The molecule has 0 saturated carbocycles. The second-order valence-electron chi connectivity index (χ2n) is 6.37. The number of aliphatic imine (C=N–C) groups is 1. The molecule has 136 valence electrons. The highest BCUT2D eigenvalue weighted by molar-refractivity contribution is 5.94. The molecule has 1 amide bonds. The lowest BCUT2D eigenvalue weighted by molar-refractivity contribution is -0.116. The van der Waals surface area contributed by atoms with Crippen molar-refractivity contribution in [3.63, 3.8) is 0 Å². The Hall–Kier alpha value is -2.12. The Labute approximate surface area is 148 Å². The molecule has 7 heteroatoms. The minimum atomic E-state index is 0.0702. The van der Waals surface area contributed by atoms with Crippen LogP contribution in [-0.4, -0.2) is 69.8 Å². The van der Waals surface area contributed by atoms with E-state index in [-0.39, 0.29) is 11.8 Å². The molecule has 1 aromatic rings. The van der Waals surface area contributed by atoms with Crippen molar-refractivity contribution < 1.29 is 9.53 Å². The summed E-state index contributed by atoms with van der Waals surface area (Å²) < 4.78 is 5.36. The number of ether oxygens (including phenoxy) is 1. The van der Waals surface area contributed by atoms with Crippen molar-refractivity contribution in [1.82, 2.24) is 15.5 Å². The van der Waals surface area contributed by atoms with E-state index in [0.717, 1.165) is 51.0 Å². The summed E-state index contributed by atoms with van der Waals surface area (Å²) in [5.41, 5.74) is 2.10. The van der Waals surface area contributed by atoms with Crippen LogP contribution in [0.5, 0.6) is 0 Å². The molecule has 0 aliphatic carbocycles. The maximum absolute atomic E-state index is 11.9. The van der Waals surface area contributed by atoms with E-state index in [0.29, 0.717) is 13.0 Å². The number of nitrogens with one attached hydrogen (secondary N) is 3. The van der Waals surface area contributed by atoms with Crippen LogP contribution < -0.4 is 16.0 Å². The van der Waals surface area contributed by atoms with Gasteiger partial charge in [0, 0.05) is 57.8 Å². The molecule has 2 aliphatic heterocycles. The highest BCUT2D eigenvalue weighted by Crippen LogP contribution is 2.31. The van der Waals surface area contributed by atoms with Crippen LogP contribution in [0, 0.1) is 0 Å². The van der Waals surface area contributed by atoms with Gasteiger partial charge in [-0.05, 0) is 11.6 Å². The molecule has 0 radical (unpaired) electrons. The predicted molar refractivity (Wildman–Crippen MR) is 99.1 cm³/mol. The number of para-hydroxylation sites is 1. The number of benzene rings is 1. The summed E-state index contributed by atoms with van der Waals surface area (Å²) in [5.74, 6) is 1.00. The van der Waals surface area contributed by atoms with E-state index >= 15 is 0 Å². The van der Waals surface area contributed by atoms with E-state index in [2.05, 4.69) is 31.9 Å². The molecule has 0 bridgehead atoms. The third kappa shape index (κ3) is 4.93. The highest BCUT2D eigenvalue weighted by Gasteiger charge is 2.24. The highest BCUT2D eigenvalue weighted by atomic mass is 16.5. The number of nitrogens with zero attached hydrogens (tertiary/aromatic N) is 2. The van der Waals surface area contributed by atoms with Crippen LogP contribution in [0.4, 0.5) is 5.69 Å². The van der Waals surface area contributed by atoms with Gasteiger partial charge in [0.25, 0.3) is 0 Å². The molecular formula is C18H27N5O2. The number of carbonyl (C=O) groups is 1. The van der Waals surface area contributed by atoms with Crippen LogP contribution in [0.25, 0.3) is 0 Å². The molecule has 1 fully saturated rings.